The largest absolute Gasteiger partial charge is 0.330 e. The van der Waals surface area contributed by atoms with Crippen LogP contribution in [-0.2, 0) is 0 Å². The Hall–Kier alpha value is -0.0400. The Kier molecular flexibility index (Phi) is 4.18. The molecule has 17 heavy (non-hydrogen) atoms. The van der Waals surface area contributed by atoms with E-state index in [2.05, 4.69) is 20.8 Å². The summed E-state index contributed by atoms with van der Waals surface area (Å²) in [6, 6.07) is 0. The Morgan fingerprint density at radius 2 is 1.71 bits per heavy atom. The lowest BCUT2D eigenvalue weighted by molar-refractivity contribution is 0.0554. The summed E-state index contributed by atoms with van der Waals surface area (Å²) in [5, 5.41) is 0. The predicted molar refractivity (Wildman–Crippen MR) is 74.8 cm³/mol. The Morgan fingerprint density at radius 3 is 2.29 bits per heavy atom. The van der Waals surface area contributed by atoms with E-state index < -0.39 is 0 Å². The van der Waals surface area contributed by atoms with Crippen molar-refractivity contribution in [3.8, 4) is 0 Å². The van der Waals surface area contributed by atoms with Crippen molar-refractivity contribution in [3.63, 3.8) is 0 Å². The highest BCUT2D eigenvalue weighted by Gasteiger charge is 2.38. The van der Waals surface area contributed by atoms with Gasteiger partial charge in [-0.05, 0) is 67.7 Å². The van der Waals surface area contributed by atoms with Gasteiger partial charge in [-0.1, -0.05) is 33.6 Å². The van der Waals surface area contributed by atoms with Crippen molar-refractivity contribution >= 4 is 0 Å². The number of nitrogens with two attached hydrogens (primary N) is 1. The Morgan fingerprint density at radius 1 is 1.06 bits per heavy atom. The molecule has 0 amide bonds. The van der Waals surface area contributed by atoms with Crippen LogP contribution in [0.2, 0.25) is 0 Å². The van der Waals surface area contributed by atoms with Crippen molar-refractivity contribution in [2.24, 2.45) is 34.8 Å². The minimum Gasteiger partial charge on any atom is -0.330 e. The summed E-state index contributed by atoms with van der Waals surface area (Å²) in [4.78, 5) is 0. The van der Waals surface area contributed by atoms with Gasteiger partial charge in [0, 0.05) is 0 Å². The van der Waals surface area contributed by atoms with Gasteiger partial charge < -0.3 is 5.73 Å². The van der Waals surface area contributed by atoms with Crippen LogP contribution in [-0.4, -0.2) is 6.54 Å². The first-order chi connectivity index (χ1) is 8.02. The zero-order valence-electron chi connectivity index (χ0n) is 12.0. The fourth-order valence-corrected chi connectivity index (χ4v) is 4.26. The molecule has 2 saturated carbocycles. The van der Waals surface area contributed by atoms with Crippen molar-refractivity contribution in [2.75, 3.05) is 6.54 Å². The van der Waals surface area contributed by atoms with Crippen LogP contribution in [0.25, 0.3) is 0 Å². The lowest BCUT2D eigenvalue weighted by Crippen LogP contribution is -2.39. The summed E-state index contributed by atoms with van der Waals surface area (Å²) in [5.74, 6) is 3.70. The maximum atomic E-state index is 6.02. The van der Waals surface area contributed by atoms with Crippen LogP contribution in [0, 0.1) is 29.1 Å². The third-order valence-electron chi connectivity index (χ3n) is 5.55. The molecule has 2 atom stereocenters. The van der Waals surface area contributed by atoms with Crippen LogP contribution in [0.4, 0.5) is 0 Å². The Labute approximate surface area is 108 Å². The molecule has 2 rings (SSSR count). The molecule has 2 N–H and O–H groups in total. The second kappa shape index (κ2) is 5.30. The van der Waals surface area contributed by atoms with E-state index in [-0.39, 0.29) is 0 Å². The predicted octanol–water partition coefficient (Wildman–Crippen LogP) is 4.21. The van der Waals surface area contributed by atoms with Gasteiger partial charge in [0.15, 0.2) is 0 Å². The van der Waals surface area contributed by atoms with Gasteiger partial charge in [-0.15, -0.1) is 0 Å². The van der Waals surface area contributed by atoms with E-state index >= 15 is 0 Å². The molecule has 0 spiro atoms. The van der Waals surface area contributed by atoms with E-state index in [1.807, 2.05) is 0 Å². The fraction of sp³-hybridized carbons (Fsp3) is 1.00. The van der Waals surface area contributed by atoms with Crippen LogP contribution in [0.1, 0.15) is 65.7 Å². The second-order valence-electron chi connectivity index (χ2n) is 7.59. The second-order valence-corrected chi connectivity index (χ2v) is 7.59. The molecule has 0 radical (unpaired) electrons. The molecule has 0 saturated heterocycles. The number of hydrogen-bond donors (Lipinski definition) is 1. The molecule has 2 fully saturated rings. The fourth-order valence-electron chi connectivity index (χ4n) is 4.26. The summed E-state index contributed by atoms with van der Waals surface area (Å²) in [6.07, 6.45) is 10.0. The lowest BCUT2D eigenvalue weighted by atomic mass is 9.60. The van der Waals surface area contributed by atoms with Crippen molar-refractivity contribution in [1.29, 1.82) is 0 Å². The van der Waals surface area contributed by atoms with E-state index in [0.29, 0.717) is 5.41 Å². The van der Waals surface area contributed by atoms with Gasteiger partial charge in [-0.3, -0.25) is 0 Å². The van der Waals surface area contributed by atoms with E-state index in [9.17, 15) is 0 Å². The SMILES string of the molecule is CC1CCC(C2CC(C)(C)CCC2CN)CC1. The monoisotopic (exact) mass is 237 g/mol. The average molecular weight is 237 g/mol. The average Bonchev–Trinajstić information content (AvgIpc) is 2.29. The molecule has 0 aliphatic heterocycles. The number of rotatable bonds is 2. The van der Waals surface area contributed by atoms with E-state index in [1.54, 1.807) is 0 Å². The molecule has 0 aromatic carbocycles. The smallest absolute Gasteiger partial charge is 0.00461 e. The number of hydrogen-bond acceptors (Lipinski definition) is 1. The van der Waals surface area contributed by atoms with Crippen LogP contribution < -0.4 is 5.73 Å². The molecule has 2 unspecified atom stereocenters. The first kappa shape index (κ1) is 13.4. The molecule has 0 bridgehead atoms. The highest BCUT2D eigenvalue weighted by Crippen LogP contribution is 2.48. The highest BCUT2D eigenvalue weighted by atomic mass is 14.6. The molecule has 100 valence electrons. The van der Waals surface area contributed by atoms with Gasteiger partial charge in [-0.25, -0.2) is 0 Å². The Balaban J connectivity index is 2.00. The molecule has 0 aromatic heterocycles. The van der Waals surface area contributed by atoms with Crippen molar-refractivity contribution in [2.45, 2.75) is 65.7 Å². The van der Waals surface area contributed by atoms with Crippen molar-refractivity contribution < 1.29 is 0 Å². The van der Waals surface area contributed by atoms with E-state index in [0.717, 1.165) is 30.2 Å². The van der Waals surface area contributed by atoms with Gasteiger partial charge in [0.25, 0.3) is 0 Å². The van der Waals surface area contributed by atoms with E-state index in [4.69, 9.17) is 5.73 Å². The zero-order chi connectivity index (χ0) is 12.5. The summed E-state index contributed by atoms with van der Waals surface area (Å²) in [5.41, 5.74) is 6.59. The summed E-state index contributed by atoms with van der Waals surface area (Å²) in [7, 11) is 0. The third-order valence-corrected chi connectivity index (χ3v) is 5.55. The van der Waals surface area contributed by atoms with E-state index in [1.165, 1.54) is 44.9 Å². The molecule has 2 aliphatic carbocycles. The molecule has 2 aliphatic rings. The minimum atomic E-state index is 0.569. The maximum absolute atomic E-state index is 6.02. The quantitative estimate of drug-likeness (QED) is 0.765. The summed E-state index contributed by atoms with van der Waals surface area (Å²) < 4.78 is 0. The van der Waals surface area contributed by atoms with Gasteiger partial charge >= 0.3 is 0 Å². The molecular formula is C16H31N. The van der Waals surface area contributed by atoms with Crippen molar-refractivity contribution in [3.05, 3.63) is 0 Å². The lowest BCUT2D eigenvalue weighted by Gasteiger charge is -2.45. The molecule has 0 heterocycles. The van der Waals surface area contributed by atoms with Gasteiger partial charge in [0.2, 0.25) is 0 Å². The molecular weight excluding hydrogens is 206 g/mol. The van der Waals surface area contributed by atoms with Crippen molar-refractivity contribution in [1.82, 2.24) is 0 Å². The standard InChI is InChI=1S/C16H31N/c1-12-4-6-13(7-5-12)15-10-16(2,3)9-8-14(15)11-17/h12-15H,4-11,17H2,1-3H3. The zero-order valence-corrected chi connectivity index (χ0v) is 12.0. The normalized spacial score (nSPS) is 42.4. The van der Waals surface area contributed by atoms with Crippen LogP contribution in [0.3, 0.4) is 0 Å². The van der Waals surface area contributed by atoms with Gasteiger partial charge in [-0.2, -0.15) is 0 Å². The topological polar surface area (TPSA) is 26.0 Å². The molecule has 0 aromatic rings. The minimum absolute atomic E-state index is 0.569. The summed E-state index contributed by atoms with van der Waals surface area (Å²) in [6.45, 7) is 8.25. The highest BCUT2D eigenvalue weighted by molar-refractivity contribution is 4.90. The third kappa shape index (κ3) is 3.24. The first-order valence-corrected chi connectivity index (χ1v) is 7.72. The molecule has 1 heteroatoms. The Bertz CT molecular complexity index is 238. The van der Waals surface area contributed by atoms with Crippen LogP contribution >= 0.6 is 0 Å². The first-order valence-electron chi connectivity index (χ1n) is 7.72. The van der Waals surface area contributed by atoms with Gasteiger partial charge in [0.1, 0.15) is 0 Å². The van der Waals surface area contributed by atoms with Gasteiger partial charge in [0.05, 0.1) is 0 Å². The molecule has 1 nitrogen and oxygen atoms in total. The van der Waals surface area contributed by atoms with Crippen LogP contribution in [0.15, 0.2) is 0 Å². The summed E-state index contributed by atoms with van der Waals surface area (Å²) >= 11 is 0. The van der Waals surface area contributed by atoms with Crippen LogP contribution in [0.5, 0.6) is 0 Å². The maximum Gasteiger partial charge on any atom is -0.00461 e.